The highest BCUT2D eigenvalue weighted by atomic mass is 79.9. The van der Waals surface area contributed by atoms with Crippen LogP contribution in [0.3, 0.4) is 0 Å². The van der Waals surface area contributed by atoms with Crippen LogP contribution in [-0.2, 0) is 0 Å². The van der Waals surface area contributed by atoms with Crippen molar-refractivity contribution < 1.29 is 0 Å². The Bertz CT molecular complexity index is 312. The van der Waals surface area contributed by atoms with Gasteiger partial charge in [-0.25, -0.2) is 0 Å². The summed E-state index contributed by atoms with van der Waals surface area (Å²) in [7, 11) is 0. The van der Waals surface area contributed by atoms with Crippen LogP contribution in [0.15, 0.2) is 39.3 Å². The predicted octanol–water partition coefficient (Wildman–Crippen LogP) is 4.18. The lowest BCUT2D eigenvalue weighted by atomic mass is 10.3. The predicted molar refractivity (Wildman–Crippen MR) is 62.4 cm³/mol. The molecule has 0 bridgehead atoms. The van der Waals surface area contributed by atoms with E-state index in [1.54, 1.807) is 0 Å². The van der Waals surface area contributed by atoms with Gasteiger partial charge in [-0.3, -0.25) is 0 Å². The van der Waals surface area contributed by atoms with Gasteiger partial charge >= 0.3 is 0 Å². The molecule has 0 heterocycles. The second kappa shape index (κ2) is 5.53. The van der Waals surface area contributed by atoms with Crippen LogP contribution < -0.4 is 5.32 Å². The molecule has 1 nitrogen and oxygen atoms in total. The standard InChI is InChI=1S/C9H8BrCl2N/c10-8-3-1-2-4-9(8)13-6-7(12)5-11/h1-5,13H,6H2. The summed E-state index contributed by atoms with van der Waals surface area (Å²) in [5, 5.41) is 3.71. The Morgan fingerprint density at radius 3 is 2.77 bits per heavy atom. The van der Waals surface area contributed by atoms with Gasteiger partial charge in [0.2, 0.25) is 0 Å². The van der Waals surface area contributed by atoms with E-state index < -0.39 is 0 Å². The van der Waals surface area contributed by atoms with Gasteiger partial charge in [0.15, 0.2) is 0 Å². The van der Waals surface area contributed by atoms with Crippen molar-refractivity contribution in [2.24, 2.45) is 0 Å². The summed E-state index contributed by atoms with van der Waals surface area (Å²) in [4.78, 5) is 0. The van der Waals surface area contributed by atoms with Gasteiger partial charge in [0.05, 0.1) is 6.54 Å². The monoisotopic (exact) mass is 279 g/mol. The van der Waals surface area contributed by atoms with Crippen molar-refractivity contribution in [1.29, 1.82) is 0 Å². The number of hydrogen-bond donors (Lipinski definition) is 1. The molecule has 1 aromatic carbocycles. The van der Waals surface area contributed by atoms with Crippen molar-refractivity contribution in [3.05, 3.63) is 39.3 Å². The number of nitrogens with one attached hydrogen (secondary N) is 1. The molecule has 0 spiro atoms. The van der Waals surface area contributed by atoms with Crippen LogP contribution in [0.2, 0.25) is 0 Å². The van der Waals surface area contributed by atoms with Crippen LogP contribution in [-0.4, -0.2) is 6.54 Å². The fourth-order valence-corrected chi connectivity index (χ4v) is 1.39. The molecule has 0 radical (unpaired) electrons. The van der Waals surface area contributed by atoms with Crippen LogP contribution in [0.1, 0.15) is 0 Å². The van der Waals surface area contributed by atoms with E-state index in [4.69, 9.17) is 23.2 Å². The molecule has 0 unspecified atom stereocenters. The van der Waals surface area contributed by atoms with Crippen LogP contribution in [0.4, 0.5) is 5.69 Å². The molecule has 1 rings (SSSR count). The summed E-state index contributed by atoms with van der Waals surface area (Å²) in [6.07, 6.45) is 0. The van der Waals surface area contributed by atoms with E-state index in [1.165, 1.54) is 5.54 Å². The molecule has 4 heteroatoms. The fourth-order valence-electron chi connectivity index (χ4n) is 0.823. The summed E-state index contributed by atoms with van der Waals surface area (Å²) in [6, 6.07) is 7.82. The molecule has 0 aliphatic heterocycles. The molecule has 0 saturated carbocycles. The number of halogens is 3. The molecule has 1 N–H and O–H groups in total. The van der Waals surface area contributed by atoms with E-state index in [1.807, 2.05) is 24.3 Å². The zero-order chi connectivity index (χ0) is 9.68. The molecule has 13 heavy (non-hydrogen) atoms. The quantitative estimate of drug-likeness (QED) is 0.876. The van der Waals surface area contributed by atoms with Gasteiger partial charge in [-0.1, -0.05) is 35.3 Å². The van der Waals surface area contributed by atoms with Gasteiger partial charge in [0.1, 0.15) is 0 Å². The lowest BCUT2D eigenvalue weighted by Gasteiger charge is -2.06. The van der Waals surface area contributed by atoms with E-state index in [0.29, 0.717) is 11.6 Å². The average Bonchev–Trinajstić information content (AvgIpc) is 2.16. The number of para-hydroxylation sites is 1. The van der Waals surface area contributed by atoms with Gasteiger partial charge in [-0.15, -0.1) is 0 Å². The first-order valence-corrected chi connectivity index (χ1v) is 5.28. The Hall–Kier alpha value is -0.180. The van der Waals surface area contributed by atoms with Crippen molar-refractivity contribution in [2.45, 2.75) is 0 Å². The van der Waals surface area contributed by atoms with E-state index in [2.05, 4.69) is 21.2 Å². The van der Waals surface area contributed by atoms with Gasteiger partial charge in [0.25, 0.3) is 0 Å². The van der Waals surface area contributed by atoms with Gasteiger partial charge < -0.3 is 5.32 Å². The van der Waals surface area contributed by atoms with E-state index in [0.717, 1.165) is 10.2 Å². The summed E-state index contributed by atoms with van der Waals surface area (Å²) in [5.41, 5.74) is 2.35. The smallest absolute Gasteiger partial charge is 0.0517 e. The summed E-state index contributed by atoms with van der Waals surface area (Å²) in [5.74, 6) is 0. The van der Waals surface area contributed by atoms with Crippen molar-refractivity contribution in [1.82, 2.24) is 0 Å². The zero-order valence-corrected chi connectivity index (χ0v) is 9.83. The Kier molecular flexibility index (Phi) is 4.64. The van der Waals surface area contributed by atoms with Crippen LogP contribution in [0.25, 0.3) is 0 Å². The second-order valence-electron chi connectivity index (χ2n) is 2.39. The van der Waals surface area contributed by atoms with E-state index >= 15 is 0 Å². The number of hydrogen-bond acceptors (Lipinski definition) is 1. The average molecular weight is 281 g/mol. The molecular weight excluding hydrogens is 273 g/mol. The normalized spacial score (nSPS) is 11.5. The maximum atomic E-state index is 5.72. The topological polar surface area (TPSA) is 12.0 Å². The summed E-state index contributed by atoms with van der Waals surface area (Å²) < 4.78 is 1.01. The van der Waals surface area contributed by atoms with Crippen LogP contribution in [0.5, 0.6) is 0 Å². The highest BCUT2D eigenvalue weighted by Gasteiger charge is 1.97. The Morgan fingerprint density at radius 2 is 2.15 bits per heavy atom. The molecular formula is C9H8BrCl2N. The zero-order valence-electron chi connectivity index (χ0n) is 6.73. The highest BCUT2D eigenvalue weighted by molar-refractivity contribution is 9.10. The Balaban J connectivity index is 2.60. The van der Waals surface area contributed by atoms with Crippen molar-refractivity contribution in [2.75, 3.05) is 11.9 Å². The third-order valence-corrected chi connectivity index (χ3v) is 2.75. The first kappa shape index (κ1) is 10.9. The Labute approximate surface area is 95.9 Å². The molecule has 1 aromatic rings. The lowest BCUT2D eigenvalue weighted by molar-refractivity contribution is 1.30. The second-order valence-corrected chi connectivity index (χ2v) is 3.95. The van der Waals surface area contributed by atoms with Gasteiger partial charge in [0, 0.05) is 20.7 Å². The van der Waals surface area contributed by atoms with Gasteiger partial charge in [-0.2, -0.15) is 0 Å². The molecule has 0 aliphatic rings. The van der Waals surface area contributed by atoms with Gasteiger partial charge in [-0.05, 0) is 28.1 Å². The first-order chi connectivity index (χ1) is 6.24. The minimum Gasteiger partial charge on any atom is -0.379 e. The van der Waals surface area contributed by atoms with Crippen molar-refractivity contribution >= 4 is 44.8 Å². The van der Waals surface area contributed by atoms with E-state index in [9.17, 15) is 0 Å². The Morgan fingerprint density at radius 1 is 1.46 bits per heavy atom. The number of benzene rings is 1. The SMILES string of the molecule is ClC=C(Cl)CNc1ccccc1Br. The number of anilines is 1. The number of rotatable bonds is 3. The minimum atomic E-state index is 0.535. The molecule has 0 fully saturated rings. The highest BCUT2D eigenvalue weighted by Crippen LogP contribution is 2.21. The molecule has 0 amide bonds. The summed E-state index contributed by atoms with van der Waals surface area (Å²) in [6.45, 7) is 0.535. The van der Waals surface area contributed by atoms with Crippen LogP contribution >= 0.6 is 39.1 Å². The third-order valence-electron chi connectivity index (χ3n) is 1.44. The van der Waals surface area contributed by atoms with Crippen LogP contribution in [0, 0.1) is 0 Å². The van der Waals surface area contributed by atoms with Crippen molar-refractivity contribution in [3.8, 4) is 0 Å². The maximum absolute atomic E-state index is 5.72. The third kappa shape index (κ3) is 3.59. The summed E-state index contributed by atoms with van der Waals surface area (Å²) >= 11 is 14.5. The molecule has 0 aliphatic carbocycles. The largest absolute Gasteiger partial charge is 0.379 e. The lowest BCUT2D eigenvalue weighted by Crippen LogP contribution is -2.01. The van der Waals surface area contributed by atoms with E-state index in [-0.39, 0.29) is 0 Å². The molecule has 0 saturated heterocycles. The molecule has 0 atom stereocenters. The van der Waals surface area contributed by atoms with Crippen molar-refractivity contribution in [3.63, 3.8) is 0 Å². The minimum absolute atomic E-state index is 0.535. The maximum Gasteiger partial charge on any atom is 0.0517 e. The first-order valence-electron chi connectivity index (χ1n) is 3.67. The molecule has 70 valence electrons. The fraction of sp³-hybridized carbons (Fsp3) is 0.111. The molecule has 0 aromatic heterocycles.